The number of aromatic nitrogens is 1. The number of thiazole rings is 1. The van der Waals surface area contributed by atoms with Gasteiger partial charge in [-0.1, -0.05) is 24.3 Å². The minimum absolute atomic E-state index is 0.0425. The number of fused-ring (bicyclic) bond motifs is 1. The normalized spacial score (nSPS) is 14.9. The SMILES string of the molecule is Cc1ccc(C(=O)CCC(=O)N2CCN(Cc3nc4ccccc4s3)CC2)cc1C. The molecule has 0 radical (unpaired) electrons. The van der Waals surface area contributed by atoms with Crippen molar-refractivity contribution in [3.05, 3.63) is 64.2 Å². The van der Waals surface area contributed by atoms with Crippen LogP contribution >= 0.6 is 11.3 Å². The van der Waals surface area contributed by atoms with Gasteiger partial charge in [-0.2, -0.15) is 0 Å². The van der Waals surface area contributed by atoms with Gasteiger partial charge in [0.1, 0.15) is 5.01 Å². The van der Waals surface area contributed by atoms with Crippen molar-refractivity contribution in [1.82, 2.24) is 14.8 Å². The predicted molar refractivity (Wildman–Crippen MR) is 121 cm³/mol. The van der Waals surface area contributed by atoms with Gasteiger partial charge in [-0.25, -0.2) is 4.98 Å². The third-order valence-corrected chi connectivity index (χ3v) is 6.84. The molecule has 3 aromatic rings. The Labute approximate surface area is 181 Å². The molecule has 0 aliphatic carbocycles. The van der Waals surface area contributed by atoms with Crippen LogP contribution in [0.25, 0.3) is 10.2 Å². The maximum Gasteiger partial charge on any atom is 0.223 e. The number of carbonyl (C=O) groups is 2. The fraction of sp³-hybridized carbons (Fsp3) is 0.375. The van der Waals surface area contributed by atoms with Gasteiger partial charge >= 0.3 is 0 Å². The highest BCUT2D eigenvalue weighted by Gasteiger charge is 2.22. The van der Waals surface area contributed by atoms with Crippen molar-refractivity contribution in [1.29, 1.82) is 0 Å². The fourth-order valence-corrected chi connectivity index (χ4v) is 4.78. The molecule has 1 amide bonds. The predicted octanol–water partition coefficient (Wildman–Crippen LogP) is 4.22. The number of carbonyl (C=O) groups excluding carboxylic acids is 2. The summed E-state index contributed by atoms with van der Waals surface area (Å²) in [7, 11) is 0. The molecule has 5 nitrogen and oxygen atoms in total. The van der Waals surface area contributed by atoms with Gasteiger partial charge in [0.05, 0.1) is 16.8 Å². The van der Waals surface area contributed by atoms with Gasteiger partial charge in [0.2, 0.25) is 5.91 Å². The Balaban J connectivity index is 1.24. The van der Waals surface area contributed by atoms with E-state index >= 15 is 0 Å². The van der Waals surface area contributed by atoms with Crippen molar-refractivity contribution in [2.45, 2.75) is 33.2 Å². The van der Waals surface area contributed by atoms with E-state index in [-0.39, 0.29) is 24.5 Å². The van der Waals surface area contributed by atoms with E-state index in [1.165, 1.54) is 10.3 Å². The van der Waals surface area contributed by atoms with E-state index in [2.05, 4.69) is 11.0 Å². The van der Waals surface area contributed by atoms with Crippen LogP contribution in [-0.2, 0) is 11.3 Å². The quantitative estimate of drug-likeness (QED) is 0.559. The number of nitrogens with zero attached hydrogens (tertiary/aromatic N) is 3. The van der Waals surface area contributed by atoms with Gasteiger partial charge in [-0.3, -0.25) is 14.5 Å². The molecule has 4 rings (SSSR count). The molecule has 1 aliphatic rings. The summed E-state index contributed by atoms with van der Waals surface area (Å²) >= 11 is 1.74. The van der Waals surface area contributed by atoms with Crippen molar-refractivity contribution in [3.8, 4) is 0 Å². The Morgan fingerprint density at radius 2 is 1.73 bits per heavy atom. The van der Waals surface area contributed by atoms with Gasteiger partial charge in [0.15, 0.2) is 5.78 Å². The first-order chi connectivity index (χ1) is 14.5. The first kappa shape index (κ1) is 20.7. The van der Waals surface area contributed by atoms with Gasteiger partial charge in [-0.05, 0) is 43.2 Å². The maximum absolute atomic E-state index is 12.6. The second-order valence-electron chi connectivity index (χ2n) is 7.95. The van der Waals surface area contributed by atoms with Crippen LogP contribution in [0.4, 0.5) is 0 Å². The van der Waals surface area contributed by atoms with E-state index in [9.17, 15) is 9.59 Å². The van der Waals surface area contributed by atoms with Crippen LogP contribution in [0.15, 0.2) is 42.5 Å². The smallest absolute Gasteiger partial charge is 0.223 e. The highest BCUT2D eigenvalue weighted by Crippen LogP contribution is 2.23. The van der Waals surface area contributed by atoms with E-state index in [1.807, 2.05) is 55.1 Å². The van der Waals surface area contributed by atoms with Crippen LogP contribution in [0.1, 0.15) is 39.3 Å². The number of aryl methyl sites for hydroxylation is 2. The van der Waals surface area contributed by atoms with E-state index in [0.717, 1.165) is 35.7 Å². The lowest BCUT2D eigenvalue weighted by molar-refractivity contribution is -0.132. The monoisotopic (exact) mass is 421 g/mol. The van der Waals surface area contributed by atoms with E-state index in [0.29, 0.717) is 18.7 Å². The van der Waals surface area contributed by atoms with E-state index in [4.69, 9.17) is 4.98 Å². The molecule has 0 spiro atoms. The zero-order valence-corrected chi connectivity index (χ0v) is 18.4. The first-order valence-electron chi connectivity index (χ1n) is 10.4. The van der Waals surface area contributed by atoms with Crippen LogP contribution in [0, 0.1) is 13.8 Å². The van der Waals surface area contributed by atoms with Crippen LogP contribution < -0.4 is 0 Å². The van der Waals surface area contributed by atoms with Crippen molar-refractivity contribution >= 4 is 33.2 Å². The topological polar surface area (TPSA) is 53.5 Å². The van der Waals surface area contributed by atoms with E-state index < -0.39 is 0 Å². The van der Waals surface area contributed by atoms with Crippen LogP contribution in [0.5, 0.6) is 0 Å². The molecular weight excluding hydrogens is 394 g/mol. The Bertz CT molecular complexity index is 1030. The van der Waals surface area contributed by atoms with Crippen LogP contribution in [0.2, 0.25) is 0 Å². The van der Waals surface area contributed by atoms with Crippen molar-refractivity contribution in [3.63, 3.8) is 0 Å². The summed E-state index contributed by atoms with van der Waals surface area (Å²) in [4.78, 5) is 34.0. The number of rotatable bonds is 6. The highest BCUT2D eigenvalue weighted by molar-refractivity contribution is 7.18. The number of hydrogen-bond donors (Lipinski definition) is 0. The second kappa shape index (κ2) is 9.06. The molecule has 1 aromatic heterocycles. The number of amides is 1. The number of hydrogen-bond acceptors (Lipinski definition) is 5. The minimum atomic E-state index is 0.0425. The summed E-state index contributed by atoms with van der Waals surface area (Å²) in [6.07, 6.45) is 0.552. The molecule has 2 heterocycles. The Morgan fingerprint density at radius 3 is 2.47 bits per heavy atom. The Kier molecular flexibility index (Phi) is 6.25. The highest BCUT2D eigenvalue weighted by atomic mass is 32.1. The Morgan fingerprint density at radius 1 is 0.967 bits per heavy atom. The molecule has 1 saturated heterocycles. The van der Waals surface area contributed by atoms with Crippen molar-refractivity contribution in [2.75, 3.05) is 26.2 Å². The first-order valence-corrected chi connectivity index (χ1v) is 11.3. The maximum atomic E-state index is 12.6. The number of Topliss-reactive ketones (excluding diaryl/α,β-unsaturated/α-hetero) is 1. The molecule has 0 atom stereocenters. The summed E-state index contributed by atoms with van der Waals surface area (Å²) in [6, 6.07) is 14.0. The molecule has 156 valence electrons. The van der Waals surface area contributed by atoms with Crippen LogP contribution in [-0.4, -0.2) is 52.7 Å². The summed E-state index contributed by atoms with van der Waals surface area (Å²) in [5.41, 5.74) is 4.04. The second-order valence-corrected chi connectivity index (χ2v) is 9.07. The van der Waals surface area contributed by atoms with E-state index in [1.54, 1.807) is 11.3 Å². The molecular formula is C24H27N3O2S. The van der Waals surface area contributed by atoms with Gasteiger partial charge in [-0.15, -0.1) is 11.3 Å². The van der Waals surface area contributed by atoms with Crippen molar-refractivity contribution < 1.29 is 9.59 Å². The summed E-state index contributed by atoms with van der Waals surface area (Å²) in [5.74, 6) is 0.118. The lowest BCUT2D eigenvalue weighted by Gasteiger charge is -2.34. The van der Waals surface area contributed by atoms with Crippen molar-refractivity contribution in [2.24, 2.45) is 0 Å². The number of ketones is 1. The molecule has 1 aliphatic heterocycles. The third kappa shape index (κ3) is 4.77. The number of piperazine rings is 1. The summed E-state index contributed by atoms with van der Waals surface area (Å²) in [6.45, 7) is 7.96. The zero-order chi connectivity index (χ0) is 21.1. The fourth-order valence-electron chi connectivity index (χ4n) is 3.77. The molecule has 0 N–H and O–H groups in total. The largest absolute Gasteiger partial charge is 0.340 e. The Hall–Kier alpha value is -2.57. The molecule has 0 bridgehead atoms. The zero-order valence-electron chi connectivity index (χ0n) is 17.6. The number of benzene rings is 2. The average molecular weight is 422 g/mol. The molecule has 1 fully saturated rings. The van der Waals surface area contributed by atoms with Gasteiger partial charge in [0.25, 0.3) is 0 Å². The van der Waals surface area contributed by atoms with Gasteiger partial charge < -0.3 is 4.90 Å². The minimum Gasteiger partial charge on any atom is -0.340 e. The van der Waals surface area contributed by atoms with Crippen LogP contribution in [0.3, 0.4) is 0 Å². The van der Waals surface area contributed by atoms with Gasteiger partial charge in [0, 0.05) is 44.6 Å². The molecule has 6 heteroatoms. The average Bonchev–Trinajstić information content (AvgIpc) is 3.16. The molecule has 2 aromatic carbocycles. The molecule has 0 unspecified atom stereocenters. The summed E-state index contributed by atoms with van der Waals surface area (Å²) < 4.78 is 1.22. The lowest BCUT2D eigenvalue weighted by Crippen LogP contribution is -2.48. The third-order valence-electron chi connectivity index (χ3n) is 5.82. The molecule has 0 saturated carbocycles. The molecule has 30 heavy (non-hydrogen) atoms. The summed E-state index contributed by atoms with van der Waals surface area (Å²) in [5, 5.41) is 1.12. The standard InChI is InChI=1S/C24H27N3O2S/c1-17-7-8-19(15-18(17)2)21(28)9-10-24(29)27-13-11-26(12-14-27)16-23-25-20-5-3-4-6-22(20)30-23/h3-8,15H,9-14,16H2,1-2H3. The lowest BCUT2D eigenvalue weighted by atomic mass is 10.0. The number of para-hydroxylation sites is 1.